The summed E-state index contributed by atoms with van der Waals surface area (Å²) < 4.78 is 5.72. The molecule has 1 aromatic heterocycles. The SMILES string of the molecule is Cc1cncc(NC2CC(C)OC(C)C2)c1. The summed E-state index contributed by atoms with van der Waals surface area (Å²) in [4.78, 5) is 4.19. The Morgan fingerprint density at radius 1 is 1.25 bits per heavy atom. The van der Waals surface area contributed by atoms with Crippen LogP contribution in [0.1, 0.15) is 32.3 Å². The summed E-state index contributed by atoms with van der Waals surface area (Å²) in [7, 11) is 0. The molecule has 3 heteroatoms. The summed E-state index contributed by atoms with van der Waals surface area (Å²) in [6.45, 7) is 6.34. The number of nitrogens with zero attached hydrogens (tertiary/aromatic N) is 1. The maximum atomic E-state index is 5.72. The van der Waals surface area contributed by atoms with E-state index in [0.717, 1.165) is 18.5 Å². The molecular weight excluding hydrogens is 200 g/mol. The molecule has 1 aromatic rings. The lowest BCUT2D eigenvalue weighted by atomic mass is 9.99. The number of anilines is 1. The molecule has 2 atom stereocenters. The van der Waals surface area contributed by atoms with E-state index in [2.05, 4.69) is 37.1 Å². The second kappa shape index (κ2) is 4.83. The average molecular weight is 220 g/mol. The molecule has 0 bridgehead atoms. The molecule has 1 aliphatic rings. The number of rotatable bonds is 2. The molecule has 0 aromatic carbocycles. The summed E-state index contributed by atoms with van der Waals surface area (Å²) in [5.41, 5.74) is 2.31. The average Bonchev–Trinajstić information content (AvgIpc) is 2.15. The fraction of sp³-hybridized carbons (Fsp3) is 0.615. The molecule has 0 aliphatic carbocycles. The van der Waals surface area contributed by atoms with Gasteiger partial charge in [0.1, 0.15) is 0 Å². The molecular formula is C13H20N2O. The lowest BCUT2D eigenvalue weighted by Crippen LogP contribution is -2.36. The predicted molar refractivity (Wildman–Crippen MR) is 65.6 cm³/mol. The minimum atomic E-state index is 0.346. The van der Waals surface area contributed by atoms with Crippen molar-refractivity contribution in [1.29, 1.82) is 0 Å². The van der Waals surface area contributed by atoms with Crippen molar-refractivity contribution >= 4 is 5.69 Å². The first-order valence-corrected chi connectivity index (χ1v) is 5.97. The highest BCUT2D eigenvalue weighted by Gasteiger charge is 2.24. The van der Waals surface area contributed by atoms with E-state index in [0.29, 0.717) is 18.2 Å². The van der Waals surface area contributed by atoms with Crippen molar-refractivity contribution in [3.05, 3.63) is 24.0 Å². The van der Waals surface area contributed by atoms with E-state index in [1.165, 1.54) is 5.56 Å². The molecule has 3 nitrogen and oxygen atoms in total. The second-order valence-corrected chi connectivity index (χ2v) is 4.82. The predicted octanol–water partition coefficient (Wildman–Crippen LogP) is 2.76. The van der Waals surface area contributed by atoms with Gasteiger partial charge in [-0.05, 0) is 45.2 Å². The number of pyridine rings is 1. The monoisotopic (exact) mass is 220 g/mol. The number of aromatic nitrogens is 1. The van der Waals surface area contributed by atoms with E-state index < -0.39 is 0 Å². The smallest absolute Gasteiger partial charge is 0.0570 e. The van der Waals surface area contributed by atoms with Gasteiger partial charge in [-0.15, -0.1) is 0 Å². The van der Waals surface area contributed by atoms with Gasteiger partial charge in [0.05, 0.1) is 17.9 Å². The van der Waals surface area contributed by atoms with Crippen molar-refractivity contribution in [2.45, 2.75) is 51.9 Å². The molecule has 1 N–H and O–H groups in total. The van der Waals surface area contributed by atoms with Gasteiger partial charge in [0, 0.05) is 18.4 Å². The zero-order valence-electron chi connectivity index (χ0n) is 10.2. The highest BCUT2D eigenvalue weighted by Crippen LogP contribution is 2.22. The molecule has 2 rings (SSSR count). The van der Waals surface area contributed by atoms with Crippen LogP contribution in [0.3, 0.4) is 0 Å². The molecule has 1 aliphatic heterocycles. The number of ether oxygens (including phenoxy) is 1. The third kappa shape index (κ3) is 2.95. The first-order chi connectivity index (χ1) is 7.63. The molecule has 2 heterocycles. The molecule has 0 saturated carbocycles. The second-order valence-electron chi connectivity index (χ2n) is 4.82. The number of nitrogens with one attached hydrogen (secondary N) is 1. The van der Waals surface area contributed by atoms with Gasteiger partial charge in [0.25, 0.3) is 0 Å². The van der Waals surface area contributed by atoms with Crippen LogP contribution in [0.15, 0.2) is 18.5 Å². The molecule has 2 unspecified atom stereocenters. The zero-order chi connectivity index (χ0) is 11.5. The van der Waals surface area contributed by atoms with Crippen LogP contribution in [-0.4, -0.2) is 23.2 Å². The fourth-order valence-corrected chi connectivity index (χ4v) is 2.39. The van der Waals surface area contributed by atoms with Crippen LogP contribution < -0.4 is 5.32 Å². The topological polar surface area (TPSA) is 34.2 Å². The zero-order valence-corrected chi connectivity index (χ0v) is 10.2. The Kier molecular flexibility index (Phi) is 3.44. The summed E-state index contributed by atoms with van der Waals surface area (Å²) in [6, 6.07) is 2.64. The molecule has 1 fully saturated rings. The highest BCUT2D eigenvalue weighted by molar-refractivity contribution is 5.43. The van der Waals surface area contributed by atoms with E-state index in [4.69, 9.17) is 4.74 Å². The van der Waals surface area contributed by atoms with Crippen LogP contribution in [0.5, 0.6) is 0 Å². The van der Waals surface area contributed by atoms with Crippen molar-refractivity contribution in [2.75, 3.05) is 5.32 Å². The number of hydrogen-bond donors (Lipinski definition) is 1. The molecule has 1 saturated heterocycles. The van der Waals surface area contributed by atoms with Crippen molar-refractivity contribution < 1.29 is 4.74 Å². The van der Waals surface area contributed by atoms with E-state index in [9.17, 15) is 0 Å². The summed E-state index contributed by atoms with van der Waals surface area (Å²) >= 11 is 0. The first kappa shape index (κ1) is 11.4. The van der Waals surface area contributed by atoms with Crippen molar-refractivity contribution in [3.8, 4) is 0 Å². The standard InChI is InChI=1S/C13H20N2O/c1-9-4-13(8-14-7-9)15-12-5-10(2)16-11(3)6-12/h4,7-8,10-12,15H,5-6H2,1-3H3. The van der Waals surface area contributed by atoms with E-state index in [1.807, 2.05) is 12.4 Å². The largest absolute Gasteiger partial charge is 0.381 e. The van der Waals surface area contributed by atoms with Crippen LogP contribution in [0.2, 0.25) is 0 Å². The maximum Gasteiger partial charge on any atom is 0.0570 e. The quantitative estimate of drug-likeness (QED) is 0.832. The van der Waals surface area contributed by atoms with E-state index in [-0.39, 0.29) is 0 Å². The molecule has 0 radical (unpaired) electrons. The Hall–Kier alpha value is -1.09. The van der Waals surface area contributed by atoms with Gasteiger partial charge in [-0.3, -0.25) is 4.98 Å². The third-order valence-corrected chi connectivity index (χ3v) is 2.94. The van der Waals surface area contributed by atoms with Crippen LogP contribution in [-0.2, 0) is 4.74 Å². The van der Waals surface area contributed by atoms with E-state index in [1.54, 1.807) is 0 Å². The highest BCUT2D eigenvalue weighted by atomic mass is 16.5. The Labute approximate surface area is 97.2 Å². The Morgan fingerprint density at radius 2 is 1.94 bits per heavy atom. The van der Waals surface area contributed by atoms with Crippen LogP contribution in [0.4, 0.5) is 5.69 Å². The Morgan fingerprint density at radius 3 is 2.56 bits per heavy atom. The summed E-state index contributed by atoms with van der Waals surface area (Å²) in [6.07, 6.45) is 6.59. The van der Waals surface area contributed by atoms with Gasteiger partial charge < -0.3 is 10.1 Å². The summed E-state index contributed by atoms with van der Waals surface area (Å²) in [5.74, 6) is 0. The van der Waals surface area contributed by atoms with Gasteiger partial charge in [0.2, 0.25) is 0 Å². The first-order valence-electron chi connectivity index (χ1n) is 5.97. The van der Waals surface area contributed by atoms with Crippen LogP contribution in [0.25, 0.3) is 0 Å². The molecule has 0 spiro atoms. The lowest BCUT2D eigenvalue weighted by molar-refractivity contribution is -0.0337. The Bertz CT molecular complexity index is 344. The van der Waals surface area contributed by atoms with Gasteiger partial charge in [0.15, 0.2) is 0 Å². The minimum Gasteiger partial charge on any atom is -0.381 e. The Balaban J connectivity index is 1.98. The van der Waals surface area contributed by atoms with Gasteiger partial charge in [-0.2, -0.15) is 0 Å². The number of aryl methyl sites for hydroxylation is 1. The normalized spacial score (nSPS) is 30.1. The van der Waals surface area contributed by atoms with Gasteiger partial charge >= 0.3 is 0 Å². The lowest BCUT2D eigenvalue weighted by Gasteiger charge is -2.33. The molecule has 16 heavy (non-hydrogen) atoms. The van der Waals surface area contributed by atoms with Crippen molar-refractivity contribution in [1.82, 2.24) is 4.98 Å². The van der Waals surface area contributed by atoms with Crippen molar-refractivity contribution in [3.63, 3.8) is 0 Å². The van der Waals surface area contributed by atoms with E-state index >= 15 is 0 Å². The van der Waals surface area contributed by atoms with Crippen LogP contribution >= 0.6 is 0 Å². The van der Waals surface area contributed by atoms with Gasteiger partial charge in [-0.25, -0.2) is 0 Å². The molecule has 0 amide bonds. The van der Waals surface area contributed by atoms with Crippen molar-refractivity contribution in [2.24, 2.45) is 0 Å². The van der Waals surface area contributed by atoms with Crippen LogP contribution in [0, 0.1) is 6.92 Å². The number of hydrogen-bond acceptors (Lipinski definition) is 3. The third-order valence-electron chi connectivity index (χ3n) is 2.94. The molecule has 88 valence electrons. The fourth-order valence-electron chi connectivity index (χ4n) is 2.39. The van der Waals surface area contributed by atoms with Gasteiger partial charge in [-0.1, -0.05) is 0 Å². The maximum absolute atomic E-state index is 5.72. The minimum absolute atomic E-state index is 0.346. The summed E-state index contributed by atoms with van der Waals surface area (Å²) in [5, 5.41) is 3.54.